The lowest BCUT2D eigenvalue weighted by molar-refractivity contribution is -0.126. The Morgan fingerprint density at radius 3 is 2.48 bits per heavy atom. The number of rotatable bonds is 5. The minimum atomic E-state index is -0.583. The van der Waals surface area contributed by atoms with Gasteiger partial charge in [-0.25, -0.2) is 4.79 Å². The Morgan fingerprint density at radius 1 is 1.22 bits per heavy atom. The summed E-state index contributed by atoms with van der Waals surface area (Å²) in [5, 5.41) is 5.34. The fraction of sp³-hybridized carbons (Fsp3) is 0.688. The Morgan fingerprint density at radius 2 is 1.87 bits per heavy atom. The smallest absolute Gasteiger partial charge is 0.411 e. The maximum absolute atomic E-state index is 12.3. The Balaban J connectivity index is 1.85. The van der Waals surface area contributed by atoms with Crippen molar-refractivity contribution in [3.8, 4) is 0 Å². The predicted molar refractivity (Wildman–Crippen MR) is 84.6 cm³/mol. The second-order valence-electron chi connectivity index (χ2n) is 6.99. The Hall–Kier alpha value is -2.05. The van der Waals surface area contributed by atoms with Gasteiger partial charge in [-0.15, -0.1) is 0 Å². The number of hydrogen-bond acceptors (Lipinski definition) is 4. The van der Waals surface area contributed by atoms with Gasteiger partial charge in [-0.3, -0.25) is 14.5 Å². The third-order valence-corrected chi connectivity index (χ3v) is 3.92. The van der Waals surface area contributed by atoms with E-state index < -0.39 is 17.7 Å². The van der Waals surface area contributed by atoms with Crippen molar-refractivity contribution in [3.63, 3.8) is 0 Å². The van der Waals surface area contributed by atoms with Crippen LogP contribution in [-0.4, -0.2) is 53.6 Å². The van der Waals surface area contributed by atoms with Gasteiger partial charge in [-0.2, -0.15) is 0 Å². The normalized spacial score (nSPS) is 25.3. The molecule has 1 aliphatic carbocycles. The summed E-state index contributed by atoms with van der Waals surface area (Å²) < 4.78 is 5.41. The molecule has 2 fully saturated rings. The molecular weight excluding hydrogens is 298 g/mol. The topological polar surface area (TPSA) is 87.7 Å². The number of ether oxygens (including phenoxy) is 1. The maximum Gasteiger partial charge on any atom is 0.411 e. The molecule has 0 bridgehead atoms. The van der Waals surface area contributed by atoms with Gasteiger partial charge in [0.25, 0.3) is 0 Å². The molecule has 0 aromatic rings. The second kappa shape index (κ2) is 6.60. The van der Waals surface area contributed by atoms with Crippen LogP contribution in [0.3, 0.4) is 0 Å². The Labute approximate surface area is 136 Å². The van der Waals surface area contributed by atoms with Crippen molar-refractivity contribution in [2.24, 2.45) is 5.92 Å². The van der Waals surface area contributed by atoms with Gasteiger partial charge in [0.2, 0.25) is 11.8 Å². The molecule has 1 aliphatic heterocycles. The molecule has 1 saturated carbocycles. The van der Waals surface area contributed by atoms with Gasteiger partial charge in [0.15, 0.2) is 0 Å². The zero-order valence-electron chi connectivity index (χ0n) is 13.9. The van der Waals surface area contributed by atoms with Gasteiger partial charge in [-0.05, 0) is 45.6 Å². The molecule has 23 heavy (non-hydrogen) atoms. The molecule has 0 unspecified atom stereocenters. The molecule has 3 atom stereocenters. The number of nitrogens with zero attached hydrogens (tertiary/aromatic N) is 1. The van der Waals surface area contributed by atoms with Crippen LogP contribution in [0.25, 0.3) is 0 Å². The lowest BCUT2D eigenvalue weighted by Gasteiger charge is -2.29. The molecule has 7 heteroatoms. The first-order chi connectivity index (χ1) is 10.7. The number of piperidine rings is 1. The highest BCUT2D eigenvalue weighted by Gasteiger charge is 2.57. The van der Waals surface area contributed by atoms with Crippen molar-refractivity contribution >= 4 is 17.9 Å². The molecule has 0 radical (unpaired) electrons. The summed E-state index contributed by atoms with van der Waals surface area (Å²) in [6.07, 6.45) is 2.37. The molecule has 1 saturated heterocycles. The first-order valence-electron chi connectivity index (χ1n) is 7.92. The number of nitrogens with one attached hydrogen (secondary N) is 2. The van der Waals surface area contributed by atoms with Crippen LogP contribution in [0.2, 0.25) is 0 Å². The van der Waals surface area contributed by atoms with Crippen LogP contribution < -0.4 is 10.6 Å². The summed E-state index contributed by atoms with van der Waals surface area (Å²) in [5.74, 6) is -0.0774. The first-order valence-corrected chi connectivity index (χ1v) is 7.92. The van der Waals surface area contributed by atoms with Gasteiger partial charge in [0, 0.05) is 19.1 Å². The molecule has 1 heterocycles. The van der Waals surface area contributed by atoms with Crippen molar-refractivity contribution in [2.75, 3.05) is 13.1 Å². The summed E-state index contributed by atoms with van der Waals surface area (Å²) in [6.45, 7) is 9.41. The molecule has 0 spiro atoms. The quantitative estimate of drug-likeness (QED) is 0.579. The van der Waals surface area contributed by atoms with E-state index in [1.165, 1.54) is 6.08 Å². The average Bonchev–Trinajstić information content (AvgIpc) is 3.11. The van der Waals surface area contributed by atoms with E-state index in [0.29, 0.717) is 25.4 Å². The van der Waals surface area contributed by atoms with Crippen LogP contribution in [-0.2, 0) is 14.3 Å². The highest BCUT2D eigenvalue weighted by molar-refractivity contribution is 5.88. The van der Waals surface area contributed by atoms with E-state index in [2.05, 4.69) is 17.2 Å². The van der Waals surface area contributed by atoms with E-state index in [9.17, 15) is 14.4 Å². The largest absolute Gasteiger partial charge is 0.444 e. The predicted octanol–water partition coefficient (Wildman–Crippen LogP) is 0.803. The van der Waals surface area contributed by atoms with Crippen molar-refractivity contribution in [2.45, 2.75) is 51.3 Å². The molecule has 2 rings (SSSR count). The fourth-order valence-electron chi connectivity index (χ4n) is 2.83. The molecule has 0 aromatic carbocycles. The van der Waals surface area contributed by atoms with Crippen molar-refractivity contribution in [3.05, 3.63) is 12.7 Å². The Bertz CT molecular complexity index is 512. The van der Waals surface area contributed by atoms with Crippen LogP contribution in [0.1, 0.15) is 33.6 Å². The summed E-state index contributed by atoms with van der Waals surface area (Å²) >= 11 is 0. The van der Waals surface area contributed by atoms with Gasteiger partial charge >= 0.3 is 6.09 Å². The number of carbonyl (C=O) groups is 3. The standard InChI is InChI=1S/C16H25N3O4/c1-5-13(20)17-6-7-18-14(21)12-9-10-8-11(10)19(12)15(22)23-16(2,3)4/h5,10-12H,1,6-9H2,2-4H3,(H,17,20)(H,18,21)/t10-,11-,12+/m1/s1. The van der Waals surface area contributed by atoms with Gasteiger partial charge in [0.1, 0.15) is 11.6 Å². The van der Waals surface area contributed by atoms with Crippen LogP contribution in [0.4, 0.5) is 4.79 Å². The zero-order chi connectivity index (χ0) is 17.2. The molecule has 7 nitrogen and oxygen atoms in total. The van der Waals surface area contributed by atoms with Crippen molar-refractivity contribution < 1.29 is 19.1 Å². The first kappa shape index (κ1) is 17.3. The fourth-order valence-corrected chi connectivity index (χ4v) is 2.83. The minimum absolute atomic E-state index is 0.126. The van der Waals surface area contributed by atoms with E-state index in [0.717, 1.165) is 6.42 Å². The van der Waals surface area contributed by atoms with E-state index in [4.69, 9.17) is 4.74 Å². The summed E-state index contributed by atoms with van der Waals surface area (Å²) in [7, 11) is 0. The molecule has 128 valence electrons. The van der Waals surface area contributed by atoms with E-state index in [1.807, 2.05) is 20.8 Å². The summed E-state index contributed by atoms with van der Waals surface area (Å²) in [5.41, 5.74) is -0.583. The van der Waals surface area contributed by atoms with Gasteiger partial charge < -0.3 is 15.4 Å². The van der Waals surface area contributed by atoms with Crippen LogP contribution >= 0.6 is 0 Å². The SMILES string of the molecule is C=CC(=O)NCCNC(=O)[C@@H]1C[C@H]2C[C@H]2N1C(=O)OC(C)(C)C. The van der Waals surface area contributed by atoms with Gasteiger partial charge in [0.05, 0.1) is 0 Å². The second-order valence-corrected chi connectivity index (χ2v) is 6.99. The molecule has 2 aliphatic rings. The Kier molecular flexibility index (Phi) is 4.97. The van der Waals surface area contributed by atoms with Crippen LogP contribution in [0.5, 0.6) is 0 Å². The third-order valence-electron chi connectivity index (χ3n) is 3.92. The highest BCUT2D eigenvalue weighted by atomic mass is 16.6. The third kappa shape index (κ3) is 4.46. The summed E-state index contributed by atoms with van der Waals surface area (Å²) in [4.78, 5) is 37.2. The molecule has 3 amide bonds. The van der Waals surface area contributed by atoms with Crippen LogP contribution in [0, 0.1) is 5.92 Å². The number of carbonyl (C=O) groups excluding carboxylic acids is 3. The van der Waals surface area contributed by atoms with Crippen molar-refractivity contribution in [1.82, 2.24) is 15.5 Å². The highest BCUT2D eigenvalue weighted by Crippen LogP contribution is 2.48. The molecular formula is C16H25N3O4. The zero-order valence-corrected chi connectivity index (χ0v) is 13.9. The number of hydrogen-bond donors (Lipinski definition) is 2. The summed E-state index contributed by atoms with van der Waals surface area (Å²) in [6, 6.07) is -0.357. The van der Waals surface area contributed by atoms with E-state index >= 15 is 0 Å². The van der Waals surface area contributed by atoms with Crippen LogP contribution in [0.15, 0.2) is 12.7 Å². The van der Waals surface area contributed by atoms with E-state index in [1.54, 1.807) is 4.90 Å². The van der Waals surface area contributed by atoms with Crippen molar-refractivity contribution in [1.29, 1.82) is 0 Å². The van der Waals surface area contributed by atoms with E-state index in [-0.39, 0.29) is 17.9 Å². The average molecular weight is 323 g/mol. The monoisotopic (exact) mass is 323 g/mol. The molecule has 0 aromatic heterocycles. The number of fused-ring (bicyclic) bond motifs is 1. The minimum Gasteiger partial charge on any atom is -0.444 e. The lowest BCUT2D eigenvalue weighted by Crippen LogP contribution is -2.50. The lowest BCUT2D eigenvalue weighted by atomic mass is 10.1. The number of amides is 3. The molecule has 2 N–H and O–H groups in total. The van der Waals surface area contributed by atoms with Gasteiger partial charge in [-0.1, -0.05) is 6.58 Å². The number of likely N-dealkylation sites (tertiary alicyclic amines) is 1. The maximum atomic E-state index is 12.3.